The van der Waals surface area contributed by atoms with Crippen LogP contribution in [-0.2, 0) is 0 Å². The van der Waals surface area contributed by atoms with Crippen LogP contribution in [0, 0.1) is 6.92 Å². The zero-order chi connectivity index (χ0) is 29.9. The molecule has 2 aliphatic rings. The Morgan fingerprint density at radius 3 is 2.00 bits per heavy atom. The first-order valence-corrected chi connectivity index (χ1v) is 15.3. The summed E-state index contributed by atoms with van der Waals surface area (Å²) in [7, 11) is 0. The van der Waals surface area contributed by atoms with E-state index in [0.29, 0.717) is 0 Å². The normalized spacial score (nSPS) is 19.6. The molecule has 214 valence electrons. The first kappa shape index (κ1) is 27.5. The first-order chi connectivity index (χ1) is 21.7. The van der Waals surface area contributed by atoms with Crippen molar-refractivity contribution in [2.24, 2.45) is 9.98 Å². The van der Waals surface area contributed by atoms with Crippen LogP contribution in [0.15, 0.2) is 168 Å². The molecule has 0 aromatic heterocycles. The average Bonchev–Trinajstić information content (AvgIpc) is 3.10. The highest BCUT2D eigenvalue weighted by Gasteiger charge is 2.28. The lowest BCUT2D eigenvalue weighted by atomic mass is 9.74. The van der Waals surface area contributed by atoms with E-state index in [4.69, 9.17) is 9.98 Å². The first-order valence-electron chi connectivity index (χ1n) is 15.3. The summed E-state index contributed by atoms with van der Waals surface area (Å²) in [6.45, 7) is 6.88. The number of benzene rings is 5. The maximum atomic E-state index is 5.14. The van der Waals surface area contributed by atoms with Gasteiger partial charge in [0.05, 0.1) is 0 Å². The molecule has 0 amide bonds. The van der Waals surface area contributed by atoms with Gasteiger partial charge in [0, 0.05) is 23.0 Å². The van der Waals surface area contributed by atoms with Gasteiger partial charge in [-0.15, -0.1) is 0 Å². The second-order valence-electron chi connectivity index (χ2n) is 11.5. The van der Waals surface area contributed by atoms with Gasteiger partial charge in [-0.3, -0.25) is 0 Å². The summed E-state index contributed by atoms with van der Waals surface area (Å²) in [6.07, 6.45) is 5.37. The molecule has 0 bridgehead atoms. The minimum Gasteiger partial charge on any atom is -0.344 e. The van der Waals surface area contributed by atoms with Crippen molar-refractivity contribution in [3.63, 3.8) is 0 Å². The molecule has 1 heterocycles. The van der Waals surface area contributed by atoms with Crippen LogP contribution in [0.4, 0.5) is 0 Å². The second kappa shape index (κ2) is 12.1. The molecular formula is C41H35N3. The van der Waals surface area contributed by atoms with Crippen molar-refractivity contribution in [3.8, 4) is 11.1 Å². The summed E-state index contributed by atoms with van der Waals surface area (Å²) in [5, 5.41) is 3.57. The maximum absolute atomic E-state index is 5.14. The molecule has 3 nitrogen and oxygen atoms in total. The molecule has 5 aromatic rings. The number of amidine groups is 2. The van der Waals surface area contributed by atoms with E-state index in [1.807, 2.05) is 24.3 Å². The van der Waals surface area contributed by atoms with Crippen LogP contribution in [0.3, 0.4) is 0 Å². The zero-order valence-corrected chi connectivity index (χ0v) is 24.9. The monoisotopic (exact) mass is 569 g/mol. The molecule has 0 fully saturated rings. The quantitative estimate of drug-likeness (QED) is 0.203. The van der Waals surface area contributed by atoms with Gasteiger partial charge in [0.1, 0.15) is 12.0 Å². The van der Waals surface area contributed by atoms with Gasteiger partial charge in [-0.1, -0.05) is 158 Å². The van der Waals surface area contributed by atoms with E-state index >= 15 is 0 Å². The largest absolute Gasteiger partial charge is 0.344 e. The summed E-state index contributed by atoms with van der Waals surface area (Å²) >= 11 is 0. The van der Waals surface area contributed by atoms with Gasteiger partial charge in [-0.25, -0.2) is 9.98 Å². The van der Waals surface area contributed by atoms with E-state index in [1.165, 1.54) is 33.4 Å². The minimum absolute atomic E-state index is 0.118. The Morgan fingerprint density at radius 2 is 1.30 bits per heavy atom. The van der Waals surface area contributed by atoms with Gasteiger partial charge in [0.2, 0.25) is 0 Å². The lowest BCUT2D eigenvalue weighted by Crippen LogP contribution is -2.33. The molecule has 3 heteroatoms. The SMILES string of the molecule is C=C1C(c2cccc(C3=NC(c4ccccc4)NC(c4ccccc4)=N3)c2C)C=CCC1c1ccc(-c2ccccc2)cc1. The van der Waals surface area contributed by atoms with Crippen LogP contribution in [0.25, 0.3) is 11.1 Å². The summed E-state index contributed by atoms with van der Waals surface area (Å²) in [6, 6.07) is 46.7. The predicted molar refractivity (Wildman–Crippen MR) is 183 cm³/mol. The Morgan fingerprint density at radius 1 is 0.659 bits per heavy atom. The Labute approximate surface area is 260 Å². The van der Waals surface area contributed by atoms with Gasteiger partial charge in [-0.05, 0) is 46.7 Å². The lowest BCUT2D eigenvalue weighted by molar-refractivity contribution is 0.674. The number of nitrogens with zero attached hydrogens (tertiary/aromatic N) is 2. The summed E-state index contributed by atoms with van der Waals surface area (Å²) in [5.74, 6) is 1.95. The minimum atomic E-state index is -0.227. The van der Waals surface area contributed by atoms with Crippen molar-refractivity contribution in [1.29, 1.82) is 0 Å². The molecule has 0 saturated heterocycles. The number of hydrogen-bond donors (Lipinski definition) is 1. The number of rotatable bonds is 6. The van der Waals surface area contributed by atoms with Crippen molar-refractivity contribution in [1.82, 2.24) is 5.32 Å². The van der Waals surface area contributed by atoms with E-state index in [-0.39, 0.29) is 18.0 Å². The van der Waals surface area contributed by atoms with Gasteiger partial charge >= 0.3 is 0 Å². The van der Waals surface area contributed by atoms with Crippen LogP contribution >= 0.6 is 0 Å². The van der Waals surface area contributed by atoms with Crippen molar-refractivity contribution < 1.29 is 0 Å². The standard InChI is InChI=1S/C41H35N3/c1-28-35(32-26-24-31(25-27-32)30-14-6-3-7-15-30)20-12-21-36(28)37-22-13-23-38(29(37)2)41-43-39(33-16-8-4-9-17-33)42-40(44-41)34-18-10-5-11-19-34/h3-19,21-27,35-36,39H,1,20H2,2H3,(H,42,43,44). The Bertz CT molecular complexity index is 1870. The van der Waals surface area contributed by atoms with Crippen LogP contribution in [0.5, 0.6) is 0 Å². The maximum Gasteiger partial charge on any atom is 0.159 e. The van der Waals surface area contributed by atoms with Crippen LogP contribution in [-0.4, -0.2) is 11.7 Å². The molecule has 1 N–H and O–H groups in total. The molecule has 3 unspecified atom stereocenters. The molecule has 0 spiro atoms. The lowest BCUT2D eigenvalue weighted by Gasteiger charge is -2.30. The zero-order valence-electron chi connectivity index (χ0n) is 24.9. The van der Waals surface area contributed by atoms with Crippen molar-refractivity contribution in [3.05, 3.63) is 191 Å². The average molecular weight is 570 g/mol. The Hall–Kier alpha value is -5.28. The molecule has 5 aromatic carbocycles. The Balaban J connectivity index is 1.22. The molecule has 1 aliphatic heterocycles. The fraction of sp³-hybridized carbons (Fsp3) is 0.122. The molecule has 0 radical (unpaired) electrons. The summed E-state index contributed by atoms with van der Waals surface area (Å²) < 4.78 is 0. The molecule has 3 atom stereocenters. The highest BCUT2D eigenvalue weighted by Crippen LogP contribution is 2.43. The summed E-state index contributed by atoms with van der Waals surface area (Å²) in [5.41, 5.74) is 10.6. The predicted octanol–water partition coefficient (Wildman–Crippen LogP) is 9.54. The van der Waals surface area contributed by atoms with E-state index in [2.05, 4.69) is 140 Å². The van der Waals surface area contributed by atoms with E-state index in [1.54, 1.807) is 0 Å². The van der Waals surface area contributed by atoms with Crippen molar-refractivity contribution in [2.45, 2.75) is 31.3 Å². The topological polar surface area (TPSA) is 36.8 Å². The van der Waals surface area contributed by atoms with E-state index in [0.717, 1.165) is 34.8 Å². The van der Waals surface area contributed by atoms with E-state index in [9.17, 15) is 0 Å². The molecule has 7 rings (SSSR count). The Kier molecular flexibility index (Phi) is 7.60. The highest BCUT2D eigenvalue weighted by atomic mass is 15.2. The summed E-state index contributed by atoms with van der Waals surface area (Å²) in [4.78, 5) is 10.2. The van der Waals surface area contributed by atoms with Crippen LogP contribution < -0.4 is 5.32 Å². The molecule has 44 heavy (non-hydrogen) atoms. The van der Waals surface area contributed by atoms with Gasteiger partial charge in [-0.2, -0.15) is 0 Å². The fourth-order valence-corrected chi connectivity index (χ4v) is 6.39. The van der Waals surface area contributed by atoms with Crippen molar-refractivity contribution >= 4 is 11.7 Å². The smallest absolute Gasteiger partial charge is 0.159 e. The number of aliphatic imine (C=N–C) groups is 2. The van der Waals surface area contributed by atoms with Crippen LogP contribution in [0.2, 0.25) is 0 Å². The molecular weight excluding hydrogens is 534 g/mol. The number of hydrogen-bond acceptors (Lipinski definition) is 3. The molecule has 0 saturated carbocycles. The number of allylic oxidation sites excluding steroid dienone is 3. The third-order valence-corrected chi connectivity index (χ3v) is 8.82. The van der Waals surface area contributed by atoms with Crippen molar-refractivity contribution in [2.75, 3.05) is 0 Å². The molecule has 1 aliphatic carbocycles. The van der Waals surface area contributed by atoms with Gasteiger partial charge < -0.3 is 5.32 Å². The van der Waals surface area contributed by atoms with E-state index < -0.39 is 0 Å². The van der Waals surface area contributed by atoms with Gasteiger partial charge in [0.15, 0.2) is 5.84 Å². The third-order valence-electron chi connectivity index (χ3n) is 8.82. The second-order valence-corrected chi connectivity index (χ2v) is 11.5. The highest BCUT2D eigenvalue weighted by molar-refractivity contribution is 6.13. The number of nitrogens with one attached hydrogen (secondary N) is 1. The van der Waals surface area contributed by atoms with Crippen LogP contribution in [0.1, 0.15) is 57.8 Å². The fourth-order valence-electron chi connectivity index (χ4n) is 6.39. The third kappa shape index (κ3) is 5.45. The van der Waals surface area contributed by atoms with Gasteiger partial charge in [0.25, 0.3) is 0 Å².